The second-order valence-corrected chi connectivity index (χ2v) is 5.60. The average Bonchev–Trinajstić information content (AvgIpc) is 2.54. The average molecular weight is 284 g/mol. The monoisotopic (exact) mass is 284 g/mol. The van der Waals surface area contributed by atoms with E-state index in [0.717, 1.165) is 25.9 Å². The van der Waals surface area contributed by atoms with Crippen LogP contribution in [0.15, 0.2) is 29.3 Å². The van der Waals surface area contributed by atoms with Gasteiger partial charge in [-0.2, -0.15) is 0 Å². The van der Waals surface area contributed by atoms with Gasteiger partial charge in [0.2, 0.25) is 5.78 Å². The maximum absolute atomic E-state index is 12.9. The van der Waals surface area contributed by atoms with E-state index in [1.54, 1.807) is 18.2 Å². The van der Waals surface area contributed by atoms with Crippen LogP contribution in [0.3, 0.4) is 0 Å². The van der Waals surface area contributed by atoms with Crippen molar-refractivity contribution in [3.8, 4) is 0 Å². The van der Waals surface area contributed by atoms with Crippen LogP contribution in [0.1, 0.15) is 46.9 Å². The Morgan fingerprint density at radius 1 is 1.10 bits per heavy atom. The van der Waals surface area contributed by atoms with Gasteiger partial charge in [0, 0.05) is 17.7 Å². The van der Waals surface area contributed by atoms with Crippen LogP contribution in [0, 0.1) is 0 Å². The molecule has 1 aromatic rings. The van der Waals surface area contributed by atoms with E-state index in [2.05, 4.69) is 9.89 Å². The van der Waals surface area contributed by atoms with Gasteiger partial charge in [0.1, 0.15) is 11.8 Å². The van der Waals surface area contributed by atoms with E-state index in [0.29, 0.717) is 23.4 Å². The van der Waals surface area contributed by atoms with Crippen molar-refractivity contribution in [2.75, 3.05) is 19.6 Å². The quantitative estimate of drug-likeness (QED) is 0.838. The van der Waals surface area contributed by atoms with Crippen molar-refractivity contribution in [2.24, 2.45) is 4.99 Å². The number of benzene rings is 1. The summed E-state index contributed by atoms with van der Waals surface area (Å²) in [6, 6.07) is 6.63. The van der Waals surface area contributed by atoms with Crippen LogP contribution in [0.2, 0.25) is 0 Å². The lowest BCUT2D eigenvalue weighted by atomic mass is 9.83. The Labute approximate surface area is 124 Å². The molecule has 0 amide bonds. The maximum atomic E-state index is 12.9. The lowest BCUT2D eigenvalue weighted by molar-refractivity contribution is 0.0830. The zero-order valence-electron chi connectivity index (χ0n) is 12.3. The number of hydrogen-bond acceptors (Lipinski definition) is 4. The summed E-state index contributed by atoms with van der Waals surface area (Å²) in [6.45, 7) is 4.17. The molecule has 0 radical (unpaired) electrons. The van der Waals surface area contributed by atoms with E-state index in [1.807, 2.05) is 13.0 Å². The van der Waals surface area contributed by atoms with Gasteiger partial charge in [0.15, 0.2) is 5.78 Å². The van der Waals surface area contributed by atoms with Gasteiger partial charge in [0.25, 0.3) is 0 Å². The van der Waals surface area contributed by atoms with Gasteiger partial charge in [-0.15, -0.1) is 0 Å². The van der Waals surface area contributed by atoms with Crippen molar-refractivity contribution in [2.45, 2.75) is 32.2 Å². The molecule has 0 spiro atoms. The number of nitrogens with zero attached hydrogens (tertiary/aromatic N) is 2. The molecule has 3 rings (SSSR count). The number of carbonyl (C=O) groups is 2. The molecule has 4 nitrogen and oxygen atoms in total. The van der Waals surface area contributed by atoms with E-state index in [4.69, 9.17) is 0 Å². The summed E-state index contributed by atoms with van der Waals surface area (Å²) < 4.78 is 0. The van der Waals surface area contributed by atoms with E-state index in [1.165, 1.54) is 6.42 Å². The second kappa shape index (κ2) is 5.90. The van der Waals surface area contributed by atoms with Crippen LogP contribution in [-0.4, -0.2) is 47.9 Å². The van der Waals surface area contributed by atoms with E-state index < -0.39 is 6.04 Å². The van der Waals surface area contributed by atoms with Crippen molar-refractivity contribution >= 4 is 17.3 Å². The fraction of sp³-hybridized carbons (Fsp3) is 0.471. The molecule has 1 aromatic carbocycles. The summed E-state index contributed by atoms with van der Waals surface area (Å²) >= 11 is 0. The van der Waals surface area contributed by atoms with Crippen molar-refractivity contribution < 1.29 is 9.59 Å². The highest BCUT2D eigenvalue weighted by atomic mass is 16.1. The number of likely N-dealkylation sites (tertiary alicyclic amines) is 1. The Morgan fingerprint density at radius 2 is 1.76 bits per heavy atom. The molecule has 2 aliphatic rings. The Morgan fingerprint density at radius 3 is 2.43 bits per heavy atom. The lowest BCUT2D eigenvalue weighted by Crippen LogP contribution is -2.54. The van der Waals surface area contributed by atoms with Crippen molar-refractivity contribution in [1.82, 2.24) is 4.90 Å². The Bertz CT molecular complexity index is 601. The third-order valence-corrected chi connectivity index (χ3v) is 4.26. The Balaban J connectivity index is 2.07. The normalized spacial score (nSPS) is 25.2. The summed E-state index contributed by atoms with van der Waals surface area (Å²) in [5.74, 6) is -0.0538. The van der Waals surface area contributed by atoms with Crippen molar-refractivity contribution in [1.29, 1.82) is 0 Å². The predicted octanol–water partition coefficient (Wildman–Crippen LogP) is 2.38. The molecule has 21 heavy (non-hydrogen) atoms. The Hall–Kier alpha value is -1.81. The molecule has 1 saturated heterocycles. The van der Waals surface area contributed by atoms with Gasteiger partial charge in [-0.1, -0.05) is 30.7 Å². The number of hydrogen-bond donors (Lipinski definition) is 0. The molecular weight excluding hydrogens is 264 g/mol. The van der Waals surface area contributed by atoms with Crippen molar-refractivity contribution in [3.63, 3.8) is 0 Å². The lowest BCUT2D eigenvalue weighted by Gasteiger charge is -2.36. The number of rotatable bonds is 2. The zero-order chi connectivity index (χ0) is 14.8. The minimum Gasteiger partial charge on any atom is -0.292 e. The third kappa shape index (κ3) is 2.44. The molecule has 0 aromatic heterocycles. The standard InChI is InChI=1S/C17H20N2O2/c1-2-18-14-15(19-10-6-3-7-11-19)17(21)13-9-5-4-8-12(13)16(14)20/h4-5,8-9,15H,2-3,6-7,10-11H2,1H3. The summed E-state index contributed by atoms with van der Waals surface area (Å²) in [5.41, 5.74) is 1.49. The first-order valence-corrected chi connectivity index (χ1v) is 7.70. The van der Waals surface area contributed by atoms with E-state index in [-0.39, 0.29) is 11.6 Å². The predicted molar refractivity (Wildman–Crippen MR) is 82.3 cm³/mol. The molecule has 1 atom stereocenters. The van der Waals surface area contributed by atoms with Crippen LogP contribution in [0.5, 0.6) is 0 Å². The molecule has 1 aliphatic heterocycles. The molecule has 1 aliphatic carbocycles. The minimum absolute atomic E-state index is 0.0271. The third-order valence-electron chi connectivity index (χ3n) is 4.26. The van der Waals surface area contributed by atoms with Gasteiger partial charge in [-0.3, -0.25) is 19.5 Å². The maximum Gasteiger partial charge on any atom is 0.209 e. The highest BCUT2D eigenvalue weighted by molar-refractivity contribution is 6.55. The summed E-state index contributed by atoms with van der Waals surface area (Å²) in [4.78, 5) is 32.1. The van der Waals surface area contributed by atoms with Crippen LogP contribution in [0.25, 0.3) is 0 Å². The first-order chi connectivity index (χ1) is 10.2. The van der Waals surface area contributed by atoms with Gasteiger partial charge in [-0.05, 0) is 32.9 Å². The Kier molecular flexibility index (Phi) is 3.97. The van der Waals surface area contributed by atoms with E-state index >= 15 is 0 Å². The van der Waals surface area contributed by atoms with Gasteiger partial charge >= 0.3 is 0 Å². The smallest absolute Gasteiger partial charge is 0.209 e. The molecule has 1 fully saturated rings. The molecule has 110 valence electrons. The number of ketones is 2. The van der Waals surface area contributed by atoms with Crippen LogP contribution in [0.4, 0.5) is 0 Å². The minimum atomic E-state index is -0.479. The SMILES string of the molecule is CCN=C1C(=O)c2ccccc2C(=O)C1N1CCCCC1. The summed E-state index contributed by atoms with van der Waals surface area (Å²) in [6.07, 6.45) is 3.36. The summed E-state index contributed by atoms with van der Waals surface area (Å²) in [7, 11) is 0. The van der Waals surface area contributed by atoms with Crippen molar-refractivity contribution in [3.05, 3.63) is 35.4 Å². The van der Waals surface area contributed by atoms with Crippen LogP contribution < -0.4 is 0 Å². The first kappa shape index (κ1) is 14.1. The molecule has 0 N–H and O–H groups in total. The molecule has 4 heteroatoms. The van der Waals surface area contributed by atoms with Gasteiger partial charge in [-0.25, -0.2) is 0 Å². The molecule has 1 unspecified atom stereocenters. The number of aliphatic imine (C=N–C) groups is 1. The van der Waals surface area contributed by atoms with Gasteiger partial charge in [0.05, 0.1) is 0 Å². The number of fused-ring (bicyclic) bond motifs is 1. The first-order valence-electron chi connectivity index (χ1n) is 7.70. The number of piperidine rings is 1. The summed E-state index contributed by atoms with van der Waals surface area (Å²) in [5, 5.41) is 0. The molecule has 0 bridgehead atoms. The fourth-order valence-electron chi connectivity index (χ4n) is 3.27. The molecular formula is C17H20N2O2. The van der Waals surface area contributed by atoms with Gasteiger partial charge < -0.3 is 0 Å². The molecule has 1 heterocycles. The highest BCUT2D eigenvalue weighted by Gasteiger charge is 2.41. The second-order valence-electron chi connectivity index (χ2n) is 5.60. The zero-order valence-corrected chi connectivity index (χ0v) is 12.3. The van der Waals surface area contributed by atoms with Crippen LogP contribution >= 0.6 is 0 Å². The fourth-order valence-corrected chi connectivity index (χ4v) is 3.27. The van der Waals surface area contributed by atoms with E-state index in [9.17, 15) is 9.59 Å². The van der Waals surface area contributed by atoms with Crippen LogP contribution in [-0.2, 0) is 0 Å². The highest BCUT2D eigenvalue weighted by Crippen LogP contribution is 2.25. The molecule has 0 saturated carbocycles. The largest absolute Gasteiger partial charge is 0.292 e. The topological polar surface area (TPSA) is 49.7 Å². The number of Topliss-reactive ketones (excluding diaryl/α,β-unsaturated/α-hetero) is 2. The number of carbonyl (C=O) groups excluding carboxylic acids is 2.